The quantitative estimate of drug-likeness (QED) is 0.810. The van der Waals surface area contributed by atoms with Crippen LogP contribution in [-0.2, 0) is 0 Å². The normalized spacial score (nSPS) is 36.0. The Kier molecular flexibility index (Phi) is 5.30. The molecule has 2 nitrogen and oxygen atoms in total. The second-order valence-corrected chi connectivity index (χ2v) is 6.22. The van der Waals surface area contributed by atoms with Crippen LogP contribution in [0, 0.1) is 11.8 Å². The molecule has 1 heterocycles. The lowest BCUT2D eigenvalue weighted by Gasteiger charge is -2.38. The van der Waals surface area contributed by atoms with Crippen LogP contribution in [0.2, 0.25) is 0 Å². The predicted octanol–water partition coefficient (Wildman–Crippen LogP) is 2.89. The van der Waals surface area contributed by atoms with Crippen LogP contribution in [0.25, 0.3) is 0 Å². The van der Waals surface area contributed by atoms with Crippen LogP contribution in [-0.4, -0.2) is 37.1 Å². The minimum atomic E-state index is 0.797. The van der Waals surface area contributed by atoms with Gasteiger partial charge >= 0.3 is 0 Å². The van der Waals surface area contributed by atoms with E-state index in [9.17, 15) is 0 Å². The molecule has 0 radical (unpaired) electrons. The molecule has 0 amide bonds. The van der Waals surface area contributed by atoms with Gasteiger partial charge in [-0.05, 0) is 50.6 Å². The van der Waals surface area contributed by atoms with Crippen molar-refractivity contribution in [2.45, 2.75) is 58.4 Å². The summed E-state index contributed by atoms with van der Waals surface area (Å²) in [7, 11) is 0. The van der Waals surface area contributed by atoms with Gasteiger partial charge in [-0.25, -0.2) is 0 Å². The van der Waals surface area contributed by atoms with Gasteiger partial charge in [0.15, 0.2) is 0 Å². The highest BCUT2D eigenvalue weighted by atomic mass is 15.1. The topological polar surface area (TPSA) is 15.3 Å². The summed E-state index contributed by atoms with van der Waals surface area (Å²) in [6.45, 7) is 9.83. The lowest BCUT2D eigenvalue weighted by atomic mass is 9.83. The molecule has 2 heteroatoms. The molecule has 1 saturated carbocycles. The van der Waals surface area contributed by atoms with Crippen molar-refractivity contribution >= 4 is 0 Å². The summed E-state index contributed by atoms with van der Waals surface area (Å²) in [5.41, 5.74) is 0. The van der Waals surface area contributed by atoms with E-state index >= 15 is 0 Å². The second kappa shape index (κ2) is 6.75. The van der Waals surface area contributed by atoms with Gasteiger partial charge in [-0.1, -0.05) is 26.7 Å². The third kappa shape index (κ3) is 3.96. The van der Waals surface area contributed by atoms with Crippen molar-refractivity contribution in [1.82, 2.24) is 10.2 Å². The van der Waals surface area contributed by atoms with Gasteiger partial charge in [0.1, 0.15) is 0 Å². The van der Waals surface area contributed by atoms with Crippen LogP contribution < -0.4 is 5.32 Å². The van der Waals surface area contributed by atoms with Crippen LogP contribution in [0.4, 0.5) is 0 Å². The minimum Gasteiger partial charge on any atom is -0.314 e. The van der Waals surface area contributed by atoms with Gasteiger partial charge in [-0.2, -0.15) is 0 Å². The first-order valence-corrected chi connectivity index (χ1v) is 7.75. The molecule has 2 rings (SSSR count). The number of rotatable bonds is 4. The zero-order chi connectivity index (χ0) is 12.1. The number of hydrogen-bond donors (Lipinski definition) is 1. The lowest BCUT2D eigenvalue weighted by Crippen LogP contribution is -2.46. The molecule has 0 aromatic carbocycles. The Morgan fingerprint density at radius 3 is 2.71 bits per heavy atom. The molecular weight excluding hydrogens is 208 g/mol. The van der Waals surface area contributed by atoms with Crippen molar-refractivity contribution in [2.75, 3.05) is 26.2 Å². The Morgan fingerprint density at radius 2 is 1.94 bits per heavy atom. The van der Waals surface area contributed by atoms with E-state index < -0.39 is 0 Å². The van der Waals surface area contributed by atoms with Crippen molar-refractivity contribution in [1.29, 1.82) is 0 Å². The van der Waals surface area contributed by atoms with Gasteiger partial charge in [-0.15, -0.1) is 0 Å². The van der Waals surface area contributed by atoms with Crippen LogP contribution in [0.3, 0.4) is 0 Å². The maximum atomic E-state index is 3.71. The summed E-state index contributed by atoms with van der Waals surface area (Å²) in [4.78, 5) is 2.73. The summed E-state index contributed by atoms with van der Waals surface area (Å²) in [6.07, 6.45) is 8.60. The molecule has 3 atom stereocenters. The van der Waals surface area contributed by atoms with Gasteiger partial charge in [0.2, 0.25) is 0 Å². The highest BCUT2D eigenvalue weighted by molar-refractivity contribution is 4.84. The first-order valence-electron chi connectivity index (χ1n) is 7.75. The fraction of sp³-hybridized carbons (Fsp3) is 1.00. The summed E-state index contributed by atoms with van der Waals surface area (Å²) in [6, 6.07) is 0.797. The first-order chi connectivity index (χ1) is 8.29. The number of piperidine rings is 1. The maximum Gasteiger partial charge on any atom is 0.0107 e. The Labute approximate surface area is 107 Å². The molecule has 2 aliphatic rings. The second-order valence-electron chi connectivity index (χ2n) is 6.22. The Hall–Kier alpha value is -0.0800. The minimum absolute atomic E-state index is 0.797. The number of hydrogen-bond acceptors (Lipinski definition) is 2. The fourth-order valence-corrected chi connectivity index (χ4v) is 3.74. The van der Waals surface area contributed by atoms with Crippen molar-refractivity contribution in [3.05, 3.63) is 0 Å². The lowest BCUT2D eigenvalue weighted by molar-refractivity contribution is 0.126. The van der Waals surface area contributed by atoms with E-state index in [2.05, 4.69) is 24.1 Å². The van der Waals surface area contributed by atoms with Crippen LogP contribution in [0.1, 0.15) is 52.4 Å². The summed E-state index contributed by atoms with van der Waals surface area (Å²) in [5, 5.41) is 3.71. The van der Waals surface area contributed by atoms with E-state index in [1.807, 2.05) is 0 Å². The van der Waals surface area contributed by atoms with Gasteiger partial charge in [-0.3, -0.25) is 0 Å². The number of nitrogens with zero attached hydrogens (tertiary/aromatic N) is 1. The highest BCUT2D eigenvalue weighted by Crippen LogP contribution is 2.27. The Morgan fingerprint density at radius 1 is 1.12 bits per heavy atom. The van der Waals surface area contributed by atoms with Crippen LogP contribution in [0.15, 0.2) is 0 Å². The molecule has 1 N–H and O–H groups in total. The molecule has 1 aliphatic heterocycles. The zero-order valence-electron chi connectivity index (χ0n) is 11.8. The Bertz CT molecular complexity index is 215. The molecule has 0 aromatic rings. The molecule has 100 valence electrons. The molecule has 0 aromatic heterocycles. The van der Waals surface area contributed by atoms with Crippen molar-refractivity contribution in [2.24, 2.45) is 11.8 Å². The SMILES string of the molecule is CCNC1CCCCC1CN1CCCC(C)C1. The zero-order valence-corrected chi connectivity index (χ0v) is 11.8. The van der Waals surface area contributed by atoms with E-state index in [4.69, 9.17) is 0 Å². The summed E-state index contributed by atoms with van der Waals surface area (Å²) >= 11 is 0. The Balaban J connectivity index is 1.82. The average molecular weight is 238 g/mol. The van der Waals surface area contributed by atoms with Gasteiger partial charge in [0, 0.05) is 19.1 Å². The van der Waals surface area contributed by atoms with Crippen molar-refractivity contribution < 1.29 is 0 Å². The molecule has 1 saturated heterocycles. The smallest absolute Gasteiger partial charge is 0.0107 e. The van der Waals surface area contributed by atoms with Gasteiger partial charge < -0.3 is 10.2 Å². The molecule has 17 heavy (non-hydrogen) atoms. The van der Waals surface area contributed by atoms with Crippen molar-refractivity contribution in [3.8, 4) is 0 Å². The van der Waals surface area contributed by atoms with Gasteiger partial charge in [0.25, 0.3) is 0 Å². The molecule has 0 bridgehead atoms. The van der Waals surface area contributed by atoms with Gasteiger partial charge in [0.05, 0.1) is 0 Å². The summed E-state index contributed by atoms with van der Waals surface area (Å²) in [5.74, 6) is 1.83. The third-order valence-electron chi connectivity index (χ3n) is 4.61. The third-order valence-corrected chi connectivity index (χ3v) is 4.61. The largest absolute Gasteiger partial charge is 0.314 e. The fourth-order valence-electron chi connectivity index (χ4n) is 3.74. The molecule has 3 unspecified atom stereocenters. The van der Waals surface area contributed by atoms with E-state index in [1.165, 1.54) is 58.2 Å². The van der Waals surface area contributed by atoms with E-state index in [0.29, 0.717) is 0 Å². The van der Waals surface area contributed by atoms with Crippen LogP contribution in [0.5, 0.6) is 0 Å². The molecule has 0 spiro atoms. The van der Waals surface area contributed by atoms with E-state index in [0.717, 1.165) is 24.4 Å². The van der Waals surface area contributed by atoms with E-state index in [-0.39, 0.29) is 0 Å². The van der Waals surface area contributed by atoms with E-state index in [1.54, 1.807) is 0 Å². The average Bonchev–Trinajstić information content (AvgIpc) is 2.32. The molecule has 1 aliphatic carbocycles. The predicted molar refractivity (Wildman–Crippen MR) is 74.3 cm³/mol. The van der Waals surface area contributed by atoms with Crippen LogP contribution >= 0.6 is 0 Å². The highest BCUT2D eigenvalue weighted by Gasteiger charge is 2.27. The number of nitrogens with one attached hydrogen (secondary N) is 1. The number of likely N-dealkylation sites (tertiary alicyclic amines) is 1. The van der Waals surface area contributed by atoms with Crippen molar-refractivity contribution in [3.63, 3.8) is 0 Å². The molecule has 2 fully saturated rings. The maximum absolute atomic E-state index is 3.71. The molecular formula is C15H30N2. The standard InChI is InChI=1S/C15H30N2/c1-3-16-15-9-5-4-8-14(15)12-17-10-6-7-13(2)11-17/h13-16H,3-12H2,1-2H3. The first kappa shape index (κ1) is 13.4. The monoisotopic (exact) mass is 238 g/mol. The summed E-state index contributed by atoms with van der Waals surface area (Å²) < 4.78 is 0.